The van der Waals surface area contributed by atoms with E-state index in [1.807, 2.05) is 6.07 Å². The molecule has 0 saturated carbocycles. The third-order valence-electron chi connectivity index (χ3n) is 6.95. The van der Waals surface area contributed by atoms with E-state index >= 15 is 0 Å². The summed E-state index contributed by atoms with van der Waals surface area (Å²) >= 11 is 0. The van der Waals surface area contributed by atoms with Crippen molar-refractivity contribution in [1.82, 2.24) is 10.6 Å². The normalized spacial score (nSPS) is 24.0. The van der Waals surface area contributed by atoms with Gasteiger partial charge in [0, 0.05) is 25.3 Å². The number of hydrogen-bond donors (Lipinski definition) is 2. The largest absolute Gasteiger partial charge is 0.371 e. The minimum absolute atomic E-state index is 0.128. The first kappa shape index (κ1) is 20.6. The minimum atomic E-state index is -0.274. The van der Waals surface area contributed by atoms with Gasteiger partial charge in [0.05, 0.1) is 11.1 Å². The van der Waals surface area contributed by atoms with E-state index in [0.29, 0.717) is 12.2 Å². The van der Waals surface area contributed by atoms with Gasteiger partial charge in [0.15, 0.2) is 0 Å². The van der Waals surface area contributed by atoms with Gasteiger partial charge in [0.1, 0.15) is 5.82 Å². The van der Waals surface area contributed by atoms with Crippen molar-refractivity contribution in [3.05, 3.63) is 24.0 Å². The molecule has 0 atom stereocenters. The minimum Gasteiger partial charge on any atom is -0.371 e. The molecule has 4 fully saturated rings. The number of nitrogens with one attached hydrogen (secondary N) is 2. The van der Waals surface area contributed by atoms with E-state index in [1.54, 1.807) is 17.0 Å². The molecule has 4 heterocycles. The second kappa shape index (κ2) is 9.43. The van der Waals surface area contributed by atoms with Crippen molar-refractivity contribution >= 4 is 17.3 Å². The summed E-state index contributed by atoms with van der Waals surface area (Å²) in [5.41, 5.74) is 1.12. The molecule has 0 aromatic heterocycles. The van der Waals surface area contributed by atoms with Gasteiger partial charge in [-0.1, -0.05) is 0 Å². The lowest BCUT2D eigenvalue weighted by Crippen LogP contribution is -2.53. The Morgan fingerprint density at radius 1 is 0.828 bits per heavy atom. The van der Waals surface area contributed by atoms with Crippen LogP contribution in [0.25, 0.3) is 0 Å². The van der Waals surface area contributed by atoms with Crippen molar-refractivity contribution in [2.75, 3.05) is 55.6 Å². The number of rotatable bonds is 2. The zero-order valence-corrected chi connectivity index (χ0v) is 17.5. The standard InChI is InChI=1S/C19H26FN3O.C4H9N/c20-16-14-15(22-11-1-2-12-22)4-5-17(16)23-13-3-6-19(18(23)24)7-9-21-10-8-19;1-2-4-5-3-1/h4-5,14,21H,1-3,6-13H2;5H,1-4H2. The van der Waals surface area contributed by atoms with Crippen molar-refractivity contribution < 1.29 is 9.18 Å². The number of halogens is 1. The van der Waals surface area contributed by atoms with E-state index in [-0.39, 0.29) is 17.1 Å². The van der Waals surface area contributed by atoms with Gasteiger partial charge in [0.25, 0.3) is 0 Å². The number of amides is 1. The van der Waals surface area contributed by atoms with E-state index in [0.717, 1.165) is 57.5 Å². The first-order valence-electron chi connectivity index (χ1n) is 11.5. The van der Waals surface area contributed by atoms with Crippen LogP contribution in [-0.4, -0.2) is 51.7 Å². The van der Waals surface area contributed by atoms with E-state index < -0.39 is 0 Å². The number of piperidine rings is 2. The average molecular weight is 403 g/mol. The third kappa shape index (κ3) is 4.58. The van der Waals surface area contributed by atoms with Crippen LogP contribution in [0, 0.1) is 11.2 Å². The molecule has 0 bridgehead atoms. The van der Waals surface area contributed by atoms with Crippen LogP contribution in [-0.2, 0) is 4.79 Å². The van der Waals surface area contributed by atoms with Crippen LogP contribution in [0.15, 0.2) is 18.2 Å². The molecule has 0 unspecified atom stereocenters. The highest BCUT2D eigenvalue weighted by atomic mass is 19.1. The molecular weight excluding hydrogens is 367 g/mol. The van der Waals surface area contributed by atoms with Crippen LogP contribution in [0.3, 0.4) is 0 Å². The van der Waals surface area contributed by atoms with Crippen molar-refractivity contribution in [3.63, 3.8) is 0 Å². The maximum absolute atomic E-state index is 14.8. The maximum Gasteiger partial charge on any atom is 0.233 e. The summed E-state index contributed by atoms with van der Waals surface area (Å²) in [6, 6.07) is 5.39. The predicted octanol–water partition coefficient (Wildman–Crippen LogP) is 3.29. The van der Waals surface area contributed by atoms with E-state index in [1.165, 1.54) is 38.8 Å². The molecule has 4 aliphatic rings. The quantitative estimate of drug-likeness (QED) is 0.797. The highest BCUT2D eigenvalue weighted by molar-refractivity contribution is 5.98. The summed E-state index contributed by atoms with van der Waals surface area (Å²) in [7, 11) is 0. The monoisotopic (exact) mass is 402 g/mol. The molecule has 1 spiro atoms. The molecule has 4 aliphatic heterocycles. The molecule has 5 nitrogen and oxygen atoms in total. The molecule has 160 valence electrons. The van der Waals surface area contributed by atoms with Gasteiger partial charge >= 0.3 is 0 Å². The summed E-state index contributed by atoms with van der Waals surface area (Å²) < 4.78 is 14.8. The highest BCUT2D eigenvalue weighted by Gasteiger charge is 2.45. The Balaban J connectivity index is 0.000000359. The SMILES string of the molecule is C1CCNC1.O=C1N(c2ccc(N3CCCC3)cc2F)CCCC12CCNCC2. The number of carbonyl (C=O) groups is 1. The Morgan fingerprint density at radius 2 is 1.52 bits per heavy atom. The molecule has 6 heteroatoms. The smallest absolute Gasteiger partial charge is 0.233 e. The summed E-state index contributed by atoms with van der Waals surface area (Å²) in [6.07, 6.45) is 8.76. The zero-order chi connectivity index (χ0) is 20.1. The molecular formula is C23H35FN4O. The Morgan fingerprint density at radius 3 is 2.14 bits per heavy atom. The summed E-state index contributed by atoms with van der Waals surface area (Å²) in [6.45, 7) is 6.90. The second-order valence-electron chi connectivity index (χ2n) is 8.88. The number of anilines is 2. The van der Waals surface area contributed by atoms with Crippen LogP contribution in [0.2, 0.25) is 0 Å². The number of carbonyl (C=O) groups excluding carboxylic acids is 1. The van der Waals surface area contributed by atoms with Gasteiger partial charge in [-0.05, 0) is 95.7 Å². The van der Waals surface area contributed by atoms with E-state index in [9.17, 15) is 9.18 Å². The average Bonchev–Trinajstić information content (AvgIpc) is 3.48. The van der Waals surface area contributed by atoms with Crippen LogP contribution in [0.5, 0.6) is 0 Å². The van der Waals surface area contributed by atoms with Gasteiger partial charge in [-0.15, -0.1) is 0 Å². The van der Waals surface area contributed by atoms with Gasteiger partial charge in [-0.3, -0.25) is 4.79 Å². The Hall–Kier alpha value is -1.66. The maximum atomic E-state index is 14.8. The van der Waals surface area contributed by atoms with Crippen molar-refractivity contribution in [2.24, 2.45) is 5.41 Å². The molecule has 29 heavy (non-hydrogen) atoms. The van der Waals surface area contributed by atoms with Crippen molar-refractivity contribution in [2.45, 2.75) is 51.4 Å². The molecule has 1 aromatic carbocycles. The fourth-order valence-electron chi connectivity index (χ4n) is 5.18. The number of benzene rings is 1. The molecule has 1 aromatic rings. The first-order chi connectivity index (χ1) is 14.2. The summed E-state index contributed by atoms with van der Waals surface area (Å²) in [5.74, 6) is -0.137. The zero-order valence-electron chi connectivity index (χ0n) is 17.5. The molecule has 4 saturated heterocycles. The summed E-state index contributed by atoms with van der Waals surface area (Å²) in [4.78, 5) is 17.0. The second-order valence-corrected chi connectivity index (χ2v) is 8.88. The van der Waals surface area contributed by atoms with Crippen LogP contribution >= 0.6 is 0 Å². The van der Waals surface area contributed by atoms with Crippen molar-refractivity contribution in [3.8, 4) is 0 Å². The lowest BCUT2D eigenvalue weighted by atomic mass is 9.72. The van der Waals surface area contributed by atoms with Crippen LogP contribution in [0.1, 0.15) is 51.4 Å². The van der Waals surface area contributed by atoms with Crippen LogP contribution in [0.4, 0.5) is 15.8 Å². The highest BCUT2D eigenvalue weighted by Crippen LogP contribution is 2.41. The topological polar surface area (TPSA) is 47.6 Å². The van der Waals surface area contributed by atoms with Crippen LogP contribution < -0.4 is 20.4 Å². The van der Waals surface area contributed by atoms with Gasteiger partial charge < -0.3 is 20.4 Å². The predicted molar refractivity (Wildman–Crippen MR) is 116 cm³/mol. The third-order valence-corrected chi connectivity index (χ3v) is 6.95. The Labute approximate surface area is 174 Å². The number of hydrogen-bond acceptors (Lipinski definition) is 4. The van der Waals surface area contributed by atoms with Gasteiger partial charge in [-0.2, -0.15) is 0 Å². The van der Waals surface area contributed by atoms with E-state index in [4.69, 9.17) is 0 Å². The van der Waals surface area contributed by atoms with Crippen molar-refractivity contribution in [1.29, 1.82) is 0 Å². The lowest BCUT2D eigenvalue weighted by molar-refractivity contribution is -0.132. The Bertz CT molecular complexity index is 681. The number of nitrogens with zero attached hydrogens (tertiary/aromatic N) is 2. The molecule has 2 N–H and O–H groups in total. The summed E-state index contributed by atoms with van der Waals surface area (Å²) in [5, 5.41) is 6.55. The molecule has 0 aliphatic carbocycles. The van der Waals surface area contributed by atoms with E-state index in [2.05, 4.69) is 15.5 Å². The lowest BCUT2D eigenvalue weighted by Gasteiger charge is -2.44. The fraction of sp³-hybridized carbons (Fsp3) is 0.696. The Kier molecular flexibility index (Phi) is 6.70. The van der Waals surface area contributed by atoms with Gasteiger partial charge in [-0.25, -0.2) is 4.39 Å². The first-order valence-corrected chi connectivity index (χ1v) is 11.5. The molecule has 5 rings (SSSR count). The molecule has 1 amide bonds. The molecule has 0 radical (unpaired) electrons. The van der Waals surface area contributed by atoms with Gasteiger partial charge in [0.2, 0.25) is 5.91 Å². The fourth-order valence-corrected chi connectivity index (χ4v) is 5.18.